The normalized spacial score (nSPS) is 11.1. The minimum absolute atomic E-state index is 0. The lowest BCUT2D eigenvalue weighted by molar-refractivity contribution is -0.868. The Morgan fingerprint density at radius 2 is 0.692 bits per heavy atom. The molecule has 0 aromatic carbocycles. The van der Waals surface area contributed by atoms with Crippen molar-refractivity contribution in [2.24, 2.45) is 0 Å². The van der Waals surface area contributed by atoms with Gasteiger partial charge < -0.3 is 14.4 Å². The van der Waals surface area contributed by atoms with Gasteiger partial charge in [-0.2, -0.15) is 0 Å². The maximum absolute atomic E-state index is 2.18. The van der Waals surface area contributed by atoms with E-state index in [0.29, 0.717) is 0 Å². The Bertz CT molecular complexity index is 86.5. The largest absolute Gasteiger partial charge is 0.412 e. The average Bonchev–Trinajstić information content (AvgIpc) is 1.86. The molecule has 0 heterocycles. The first-order valence-electron chi connectivity index (χ1n) is 4.73. The number of quaternary nitrogens is 2. The van der Waals surface area contributed by atoms with Crippen LogP contribution in [0, 0.1) is 0 Å². The van der Waals surface area contributed by atoms with Gasteiger partial charge >= 0.3 is 0 Å². The van der Waals surface area contributed by atoms with Gasteiger partial charge in [0.05, 0.1) is 55.4 Å². The van der Waals surface area contributed by atoms with Crippen molar-refractivity contribution in [3.05, 3.63) is 0 Å². The molecule has 0 unspecified atom stereocenters. The van der Waals surface area contributed by atoms with Gasteiger partial charge in [0.15, 0.2) is 0 Å². The Morgan fingerprint density at radius 1 is 0.615 bits per heavy atom. The van der Waals surface area contributed by atoms with Crippen LogP contribution >= 0.6 is 0 Å². The third-order valence-corrected chi connectivity index (χ3v) is 1.90. The standard InChI is InChI=1S/2C5H14N.H2O/c2*1-5-6(2,3)4;/h2*5H2,1-4H3;1H2/q2*+1;. The molecule has 0 aromatic rings. The number of nitrogens with zero attached hydrogens (tertiary/aromatic N) is 2. The molecule has 84 valence electrons. The number of rotatable bonds is 2. The Kier molecular flexibility index (Phi) is 10.5. The molecule has 0 fully saturated rings. The van der Waals surface area contributed by atoms with Crippen LogP contribution < -0.4 is 0 Å². The summed E-state index contributed by atoms with van der Waals surface area (Å²) in [5.74, 6) is 0. The van der Waals surface area contributed by atoms with Gasteiger partial charge in [0.25, 0.3) is 0 Å². The molecule has 0 atom stereocenters. The first-order valence-corrected chi connectivity index (χ1v) is 4.73. The molecule has 0 aromatic heterocycles. The van der Waals surface area contributed by atoms with Crippen molar-refractivity contribution in [1.29, 1.82) is 0 Å². The predicted molar refractivity (Wildman–Crippen MR) is 60.8 cm³/mol. The fourth-order valence-corrected chi connectivity index (χ4v) is 0. The third kappa shape index (κ3) is 33.5. The van der Waals surface area contributed by atoms with Crippen LogP contribution in [0.1, 0.15) is 13.8 Å². The van der Waals surface area contributed by atoms with E-state index in [1.54, 1.807) is 0 Å². The van der Waals surface area contributed by atoms with Crippen molar-refractivity contribution in [3.8, 4) is 0 Å². The van der Waals surface area contributed by atoms with Gasteiger partial charge in [-0.25, -0.2) is 0 Å². The van der Waals surface area contributed by atoms with Crippen molar-refractivity contribution in [2.45, 2.75) is 13.8 Å². The van der Waals surface area contributed by atoms with Crippen molar-refractivity contribution in [1.82, 2.24) is 0 Å². The Hall–Kier alpha value is -0.120. The van der Waals surface area contributed by atoms with Gasteiger partial charge in [-0.3, -0.25) is 0 Å². The molecule has 0 spiro atoms. The molecular formula is C10H30N2O+2. The SMILES string of the molecule is CC[N+](C)(C)C.CC[N+](C)(C)C.O. The molecule has 0 aliphatic heterocycles. The molecule has 3 nitrogen and oxygen atoms in total. The van der Waals surface area contributed by atoms with E-state index in [4.69, 9.17) is 0 Å². The minimum Gasteiger partial charge on any atom is -0.412 e. The second-order valence-corrected chi connectivity index (χ2v) is 5.21. The molecule has 0 saturated heterocycles. The second kappa shape index (κ2) is 7.30. The van der Waals surface area contributed by atoms with Crippen molar-refractivity contribution < 1.29 is 14.4 Å². The van der Waals surface area contributed by atoms with Gasteiger partial charge in [0.2, 0.25) is 0 Å². The summed E-state index contributed by atoms with van der Waals surface area (Å²) in [4.78, 5) is 0. The van der Waals surface area contributed by atoms with Crippen molar-refractivity contribution in [3.63, 3.8) is 0 Å². The summed E-state index contributed by atoms with van der Waals surface area (Å²) in [6.07, 6.45) is 0. The zero-order valence-electron chi connectivity index (χ0n) is 10.8. The van der Waals surface area contributed by atoms with Gasteiger partial charge in [-0.1, -0.05) is 0 Å². The highest BCUT2D eigenvalue weighted by atomic mass is 16.0. The van der Waals surface area contributed by atoms with Crippen LogP contribution in [-0.4, -0.2) is 69.8 Å². The van der Waals surface area contributed by atoms with E-state index in [-0.39, 0.29) is 5.48 Å². The molecular weight excluding hydrogens is 164 g/mol. The van der Waals surface area contributed by atoms with Crippen LogP contribution in [-0.2, 0) is 0 Å². The number of hydrogen-bond donors (Lipinski definition) is 0. The lowest BCUT2D eigenvalue weighted by Crippen LogP contribution is -2.33. The highest BCUT2D eigenvalue weighted by Gasteiger charge is 1.98. The topological polar surface area (TPSA) is 31.5 Å². The second-order valence-electron chi connectivity index (χ2n) is 5.21. The average molecular weight is 194 g/mol. The van der Waals surface area contributed by atoms with E-state index < -0.39 is 0 Å². The molecule has 0 amide bonds. The summed E-state index contributed by atoms with van der Waals surface area (Å²) in [6, 6.07) is 0. The summed E-state index contributed by atoms with van der Waals surface area (Å²) >= 11 is 0. The van der Waals surface area contributed by atoms with Gasteiger partial charge in [-0.05, 0) is 13.8 Å². The third-order valence-electron chi connectivity index (χ3n) is 1.90. The van der Waals surface area contributed by atoms with Crippen LogP contribution in [0.5, 0.6) is 0 Å². The molecule has 0 radical (unpaired) electrons. The van der Waals surface area contributed by atoms with Crippen LogP contribution in [0.2, 0.25) is 0 Å². The van der Waals surface area contributed by atoms with Crippen LogP contribution in [0.25, 0.3) is 0 Å². The zero-order valence-corrected chi connectivity index (χ0v) is 10.8. The maximum Gasteiger partial charge on any atom is 0.0751 e. The van der Waals surface area contributed by atoms with Crippen molar-refractivity contribution >= 4 is 0 Å². The van der Waals surface area contributed by atoms with Gasteiger partial charge in [0.1, 0.15) is 0 Å². The maximum atomic E-state index is 2.18. The predicted octanol–water partition coefficient (Wildman–Crippen LogP) is 0.600. The van der Waals surface area contributed by atoms with E-state index in [1.165, 1.54) is 13.1 Å². The zero-order chi connectivity index (χ0) is 10.4. The molecule has 0 bridgehead atoms. The van der Waals surface area contributed by atoms with E-state index in [9.17, 15) is 0 Å². The summed E-state index contributed by atoms with van der Waals surface area (Å²) in [6.45, 7) is 6.78. The molecule has 0 aliphatic rings. The highest BCUT2D eigenvalue weighted by molar-refractivity contribution is 4.07. The fraction of sp³-hybridized carbons (Fsp3) is 1.00. The quantitative estimate of drug-likeness (QED) is 0.577. The lowest BCUT2D eigenvalue weighted by atomic mass is 10.6. The minimum atomic E-state index is 0. The summed E-state index contributed by atoms with van der Waals surface area (Å²) in [7, 11) is 13.1. The Labute approximate surface area is 84.4 Å². The molecule has 0 rings (SSSR count). The lowest BCUT2D eigenvalue weighted by Gasteiger charge is -2.20. The van der Waals surface area contributed by atoms with Gasteiger partial charge in [-0.15, -0.1) is 0 Å². The summed E-state index contributed by atoms with van der Waals surface area (Å²) in [5.41, 5.74) is 0. The number of hydrogen-bond acceptors (Lipinski definition) is 0. The van der Waals surface area contributed by atoms with E-state index in [0.717, 1.165) is 8.97 Å². The first kappa shape index (κ1) is 18.6. The summed E-state index contributed by atoms with van der Waals surface area (Å²) < 4.78 is 2.14. The molecule has 13 heavy (non-hydrogen) atoms. The Balaban J connectivity index is -0.000000143. The smallest absolute Gasteiger partial charge is 0.0751 e. The molecule has 2 N–H and O–H groups in total. The van der Waals surface area contributed by atoms with Crippen LogP contribution in [0.3, 0.4) is 0 Å². The Morgan fingerprint density at radius 3 is 0.692 bits per heavy atom. The first-order chi connectivity index (χ1) is 5.12. The molecule has 0 saturated carbocycles. The van der Waals surface area contributed by atoms with E-state index >= 15 is 0 Å². The fourth-order valence-electron chi connectivity index (χ4n) is 0. The van der Waals surface area contributed by atoms with E-state index in [2.05, 4.69) is 56.1 Å². The van der Waals surface area contributed by atoms with Crippen LogP contribution in [0.15, 0.2) is 0 Å². The molecule has 0 aliphatic carbocycles. The molecule has 3 heteroatoms. The monoisotopic (exact) mass is 194 g/mol. The van der Waals surface area contributed by atoms with E-state index in [1.807, 2.05) is 0 Å². The highest BCUT2D eigenvalue weighted by Crippen LogP contribution is 1.84. The van der Waals surface area contributed by atoms with Gasteiger partial charge in [0, 0.05) is 0 Å². The van der Waals surface area contributed by atoms with Crippen LogP contribution in [0.4, 0.5) is 0 Å². The summed E-state index contributed by atoms with van der Waals surface area (Å²) in [5, 5.41) is 0. The van der Waals surface area contributed by atoms with Crippen molar-refractivity contribution in [2.75, 3.05) is 55.4 Å².